The van der Waals surface area contributed by atoms with Crippen LogP contribution >= 0.6 is 0 Å². The van der Waals surface area contributed by atoms with Crippen LogP contribution in [0.1, 0.15) is 24.2 Å². The number of nitrogens with one attached hydrogen (secondary N) is 1. The van der Waals surface area contributed by atoms with Crippen molar-refractivity contribution in [2.24, 2.45) is 10.2 Å². The summed E-state index contributed by atoms with van der Waals surface area (Å²) in [7, 11) is 0. The van der Waals surface area contributed by atoms with Gasteiger partial charge in [0.15, 0.2) is 6.17 Å². The Bertz CT molecular complexity index is 786. The SMILES string of the molecule is CCNCc1ccc(N2CN3C(=O)N=NC3c3ccccc32)cc1. The highest BCUT2D eigenvalue weighted by Gasteiger charge is 2.38. The first-order chi connectivity index (χ1) is 11.8. The van der Waals surface area contributed by atoms with E-state index in [0.29, 0.717) is 6.67 Å². The lowest BCUT2D eigenvalue weighted by Gasteiger charge is -2.38. The number of nitrogens with zero attached hydrogens (tertiary/aromatic N) is 4. The standard InChI is InChI=1S/C18H19N5O/c1-2-19-11-13-7-9-14(10-8-13)22-12-23-17(20-21-18(23)24)15-5-3-4-6-16(15)22/h3-10,17,19H,2,11-12H2,1H3. The molecule has 2 aromatic rings. The van der Waals surface area contributed by atoms with Crippen LogP contribution in [0.4, 0.5) is 16.2 Å². The number of azo groups is 1. The highest BCUT2D eigenvalue weighted by Crippen LogP contribution is 2.42. The molecule has 0 saturated heterocycles. The molecular weight excluding hydrogens is 302 g/mol. The summed E-state index contributed by atoms with van der Waals surface area (Å²) >= 11 is 0. The van der Waals surface area contributed by atoms with Crippen LogP contribution in [0.3, 0.4) is 0 Å². The van der Waals surface area contributed by atoms with Gasteiger partial charge in [-0.25, -0.2) is 4.79 Å². The topological polar surface area (TPSA) is 60.3 Å². The molecule has 1 unspecified atom stereocenters. The van der Waals surface area contributed by atoms with E-state index in [1.807, 2.05) is 18.2 Å². The predicted octanol–water partition coefficient (Wildman–Crippen LogP) is 3.79. The van der Waals surface area contributed by atoms with Crippen LogP contribution in [0, 0.1) is 0 Å². The Balaban J connectivity index is 1.68. The zero-order valence-corrected chi connectivity index (χ0v) is 13.5. The van der Waals surface area contributed by atoms with Gasteiger partial charge in [0.25, 0.3) is 0 Å². The molecule has 2 aromatic carbocycles. The fraction of sp³-hybridized carbons (Fsp3) is 0.278. The number of carbonyl (C=O) groups excluding carboxylic acids is 1. The Morgan fingerprint density at radius 3 is 2.75 bits per heavy atom. The van der Waals surface area contributed by atoms with Crippen molar-refractivity contribution < 1.29 is 4.79 Å². The Kier molecular flexibility index (Phi) is 3.74. The van der Waals surface area contributed by atoms with Crippen molar-refractivity contribution in [3.63, 3.8) is 0 Å². The van der Waals surface area contributed by atoms with E-state index in [9.17, 15) is 4.79 Å². The maximum atomic E-state index is 12.0. The van der Waals surface area contributed by atoms with Gasteiger partial charge in [-0.15, -0.1) is 0 Å². The third-order valence-corrected chi connectivity index (χ3v) is 4.42. The molecule has 6 nitrogen and oxygen atoms in total. The van der Waals surface area contributed by atoms with Crippen molar-refractivity contribution in [2.75, 3.05) is 18.1 Å². The number of carbonyl (C=O) groups is 1. The summed E-state index contributed by atoms with van der Waals surface area (Å²) in [4.78, 5) is 15.8. The summed E-state index contributed by atoms with van der Waals surface area (Å²) in [6, 6.07) is 16.2. The third kappa shape index (κ3) is 2.45. The fourth-order valence-electron chi connectivity index (χ4n) is 3.16. The van der Waals surface area contributed by atoms with Crippen LogP contribution in [0.2, 0.25) is 0 Å². The average Bonchev–Trinajstić information content (AvgIpc) is 3.01. The normalized spacial score (nSPS) is 18.7. The third-order valence-electron chi connectivity index (χ3n) is 4.42. The van der Waals surface area contributed by atoms with Crippen LogP contribution in [0.5, 0.6) is 0 Å². The molecule has 0 radical (unpaired) electrons. The van der Waals surface area contributed by atoms with Crippen molar-refractivity contribution >= 4 is 17.4 Å². The van der Waals surface area contributed by atoms with Gasteiger partial charge in [-0.1, -0.05) is 42.4 Å². The van der Waals surface area contributed by atoms with E-state index < -0.39 is 0 Å². The van der Waals surface area contributed by atoms with Crippen LogP contribution in [0.25, 0.3) is 0 Å². The minimum absolute atomic E-state index is 0.275. The maximum Gasteiger partial charge on any atom is 0.365 e. The van der Waals surface area contributed by atoms with E-state index in [0.717, 1.165) is 30.0 Å². The van der Waals surface area contributed by atoms with Gasteiger partial charge >= 0.3 is 6.03 Å². The lowest BCUT2D eigenvalue weighted by Crippen LogP contribution is -2.42. The molecule has 1 N–H and O–H groups in total. The second-order valence-corrected chi connectivity index (χ2v) is 5.92. The number of anilines is 2. The van der Waals surface area contributed by atoms with E-state index >= 15 is 0 Å². The lowest BCUT2D eigenvalue weighted by molar-refractivity contribution is 0.199. The van der Waals surface area contributed by atoms with Crippen molar-refractivity contribution in [3.05, 3.63) is 59.7 Å². The van der Waals surface area contributed by atoms with Gasteiger partial charge in [0.2, 0.25) is 0 Å². The van der Waals surface area contributed by atoms with Gasteiger partial charge in [-0.3, -0.25) is 4.90 Å². The zero-order valence-electron chi connectivity index (χ0n) is 13.5. The number of urea groups is 1. The number of para-hydroxylation sites is 1. The van der Waals surface area contributed by atoms with Gasteiger partial charge < -0.3 is 10.2 Å². The summed E-state index contributed by atoms with van der Waals surface area (Å²) in [5.74, 6) is 0. The molecule has 0 spiro atoms. The van der Waals surface area contributed by atoms with Crippen molar-refractivity contribution in [3.8, 4) is 0 Å². The number of benzene rings is 2. The molecule has 0 aromatic heterocycles. The van der Waals surface area contributed by atoms with Crippen LogP contribution in [-0.4, -0.2) is 24.1 Å². The predicted molar refractivity (Wildman–Crippen MR) is 92.1 cm³/mol. The summed E-state index contributed by atoms with van der Waals surface area (Å²) in [5, 5.41) is 11.2. The van der Waals surface area contributed by atoms with Gasteiger partial charge in [-0.05, 0) is 30.3 Å². The van der Waals surface area contributed by atoms with Crippen LogP contribution < -0.4 is 10.2 Å². The van der Waals surface area contributed by atoms with E-state index in [-0.39, 0.29) is 12.2 Å². The molecule has 0 aliphatic carbocycles. The van der Waals surface area contributed by atoms with Crippen molar-refractivity contribution in [2.45, 2.75) is 19.6 Å². The number of fused-ring (bicyclic) bond motifs is 3. The molecule has 24 heavy (non-hydrogen) atoms. The molecule has 1 atom stereocenters. The van der Waals surface area contributed by atoms with E-state index in [2.05, 4.69) is 57.7 Å². The Hall–Kier alpha value is -2.73. The molecular formula is C18H19N5O. The molecule has 0 bridgehead atoms. The van der Waals surface area contributed by atoms with E-state index in [4.69, 9.17) is 0 Å². The van der Waals surface area contributed by atoms with Gasteiger partial charge in [0.05, 0.1) is 5.69 Å². The molecule has 2 aliphatic heterocycles. The first-order valence-corrected chi connectivity index (χ1v) is 8.15. The number of hydrogen-bond acceptors (Lipinski definition) is 4. The van der Waals surface area contributed by atoms with Crippen LogP contribution in [-0.2, 0) is 6.54 Å². The van der Waals surface area contributed by atoms with Gasteiger partial charge in [0.1, 0.15) is 6.67 Å². The molecule has 2 heterocycles. The highest BCUT2D eigenvalue weighted by atomic mass is 16.2. The quantitative estimate of drug-likeness (QED) is 0.932. The molecule has 2 amide bonds. The van der Waals surface area contributed by atoms with Gasteiger partial charge in [0, 0.05) is 17.8 Å². The van der Waals surface area contributed by atoms with Crippen molar-refractivity contribution in [1.29, 1.82) is 0 Å². The first-order valence-electron chi connectivity index (χ1n) is 8.15. The van der Waals surface area contributed by atoms with E-state index in [1.165, 1.54) is 5.56 Å². The lowest BCUT2D eigenvalue weighted by atomic mass is 10.1. The Morgan fingerprint density at radius 2 is 1.96 bits per heavy atom. The number of rotatable bonds is 4. The fourth-order valence-corrected chi connectivity index (χ4v) is 3.16. The highest BCUT2D eigenvalue weighted by molar-refractivity contribution is 5.80. The summed E-state index contributed by atoms with van der Waals surface area (Å²) in [6.45, 7) is 4.36. The largest absolute Gasteiger partial charge is 0.365 e. The van der Waals surface area contributed by atoms with E-state index in [1.54, 1.807) is 4.90 Å². The maximum absolute atomic E-state index is 12.0. The molecule has 122 valence electrons. The Morgan fingerprint density at radius 1 is 1.17 bits per heavy atom. The minimum atomic E-state index is -0.294. The smallest absolute Gasteiger partial charge is 0.323 e. The van der Waals surface area contributed by atoms with Gasteiger partial charge in [-0.2, -0.15) is 5.11 Å². The minimum Gasteiger partial charge on any atom is -0.323 e. The number of amides is 2. The summed E-state index contributed by atoms with van der Waals surface area (Å²) < 4.78 is 0. The zero-order chi connectivity index (χ0) is 16.5. The summed E-state index contributed by atoms with van der Waals surface area (Å²) in [5.41, 5.74) is 4.38. The molecule has 0 fully saturated rings. The molecule has 2 aliphatic rings. The monoisotopic (exact) mass is 321 g/mol. The average molecular weight is 321 g/mol. The summed E-state index contributed by atoms with van der Waals surface area (Å²) in [6.07, 6.45) is -0.294. The molecule has 6 heteroatoms. The van der Waals surface area contributed by atoms with Crippen LogP contribution in [0.15, 0.2) is 58.8 Å². The van der Waals surface area contributed by atoms with Crippen molar-refractivity contribution in [1.82, 2.24) is 10.2 Å². The Labute approximate surface area is 140 Å². The second kappa shape index (κ2) is 6.05. The second-order valence-electron chi connectivity index (χ2n) is 5.92. The number of hydrogen-bond donors (Lipinski definition) is 1. The molecule has 0 saturated carbocycles. The molecule has 4 rings (SSSR count). The first kappa shape index (κ1) is 14.8.